The maximum Gasteiger partial charge on any atom is 0.326 e. The van der Waals surface area contributed by atoms with Crippen LogP contribution in [0.1, 0.15) is 50.3 Å². The lowest BCUT2D eigenvalue weighted by Gasteiger charge is -2.29. The first-order valence-corrected chi connectivity index (χ1v) is 12.3. The fraction of sp³-hybridized carbons (Fsp3) is 0.524. The van der Waals surface area contributed by atoms with Crippen molar-refractivity contribution in [2.24, 2.45) is 0 Å². The molecule has 4 rings (SSSR count). The highest BCUT2D eigenvalue weighted by atomic mass is 35.5. The van der Waals surface area contributed by atoms with E-state index in [2.05, 4.69) is 5.10 Å². The number of aromatic nitrogens is 2. The maximum absolute atomic E-state index is 13.3. The van der Waals surface area contributed by atoms with Crippen molar-refractivity contribution in [2.45, 2.75) is 67.7 Å². The molecule has 0 radical (unpaired) electrons. The summed E-state index contributed by atoms with van der Waals surface area (Å²) in [5.41, 5.74) is 0.803. The highest BCUT2D eigenvalue weighted by molar-refractivity contribution is 7.92. The number of hydrogen-bond acceptors (Lipinski definition) is 5. The van der Waals surface area contributed by atoms with Gasteiger partial charge in [-0.1, -0.05) is 43.0 Å². The zero-order chi connectivity index (χ0) is 21.5. The molecular weight excluding hydrogens is 426 g/mol. The molecule has 1 aliphatic carbocycles. The van der Waals surface area contributed by atoms with E-state index >= 15 is 0 Å². The second kappa shape index (κ2) is 8.23. The maximum atomic E-state index is 13.3. The van der Waals surface area contributed by atoms with Crippen LogP contribution in [0.25, 0.3) is 0 Å². The second-order valence-electron chi connectivity index (χ2n) is 8.22. The summed E-state index contributed by atoms with van der Waals surface area (Å²) in [6.45, 7) is 1.98. The van der Waals surface area contributed by atoms with E-state index in [0.717, 1.165) is 31.4 Å². The van der Waals surface area contributed by atoms with Crippen LogP contribution >= 0.6 is 11.6 Å². The third-order valence-electron chi connectivity index (χ3n) is 6.18. The first-order chi connectivity index (χ1) is 14.3. The summed E-state index contributed by atoms with van der Waals surface area (Å²) in [7, 11) is -3.77. The van der Waals surface area contributed by atoms with Gasteiger partial charge in [0.05, 0.1) is 26.9 Å². The van der Waals surface area contributed by atoms with E-state index in [1.807, 2.05) is 17.7 Å². The van der Waals surface area contributed by atoms with Crippen LogP contribution in [0.2, 0.25) is 5.02 Å². The van der Waals surface area contributed by atoms with E-state index in [1.54, 1.807) is 17.0 Å². The summed E-state index contributed by atoms with van der Waals surface area (Å²) in [5.74, 6) is -0.329. The van der Waals surface area contributed by atoms with Crippen molar-refractivity contribution in [3.63, 3.8) is 0 Å². The zero-order valence-corrected chi connectivity index (χ0v) is 18.4. The Balaban J connectivity index is 1.69. The van der Waals surface area contributed by atoms with E-state index in [4.69, 9.17) is 11.6 Å². The molecule has 30 heavy (non-hydrogen) atoms. The lowest BCUT2D eigenvalue weighted by atomic mass is 9.96. The minimum atomic E-state index is -3.77. The van der Waals surface area contributed by atoms with Crippen molar-refractivity contribution in [3.8, 4) is 0 Å². The van der Waals surface area contributed by atoms with Gasteiger partial charge in [0.25, 0.3) is 0 Å². The summed E-state index contributed by atoms with van der Waals surface area (Å²) >= 11 is 6.15. The molecule has 0 spiro atoms. The van der Waals surface area contributed by atoms with E-state index < -0.39 is 27.1 Å². The third-order valence-corrected chi connectivity index (χ3v) is 8.81. The van der Waals surface area contributed by atoms with Crippen LogP contribution in [0.5, 0.6) is 0 Å². The normalized spacial score (nSPS) is 23.1. The Hall–Kier alpha value is -2.06. The standard InChI is InChI=1S/C21H26ClN3O4S/c1-14-11-20(25(23-14)15-7-3-2-4-8-15)24-13-16(12-18(24)21(26)27)30(28,29)19-10-6-5-9-17(19)22/h5-6,9-11,15-16,18H,2-4,7-8,12-13H2,1H3,(H,26,27)/t16-,18+/m1/s1. The largest absolute Gasteiger partial charge is 0.480 e. The summed E-state index contributed by atoms with van der Waals surface area (Å²) in [4.78, 5) is 13.8. The molecule has 2 fully saturated rings. The van der Waals surface area contributed by atoms with Gasteiger partial charge in [-0.3, -0.25) is 0 Å². The molecule has 1 aromatic carbocycles. The van der Waals surface area contributed by atoms with Crippen LogP contribution in [-0.2, 0) is 14.6 Å². The zero-order valence-electron chi connectivity index (χ0n) is 16.9. The topological polar surface area (TPSA) is 92.5 Å². The molecule has 1 saturated carbocycles. The van der Waals surface area contributed by atoms with Gasteiger partial charge in [-0.2, -0.15) is 5.10 Å². The minimum absolute atomic E-state index is 0.0117. The van der Waals surface area contributed by atoms with E-state index in [0.29, 0.717) is 5.82 Å². The predicted molar refractivity (Wildman–Crippen MR) is 115 cm³/mol. The molecule has 2 atom stereocenters. The number of anilines is 1. The lowest BCUT2D eigenvalue weighted by Crippen LogP contribution is -2.38. The van der Waals surface area contributed by atoms with Crippen molar-refractivity contribution in [1.29, 1.82) is 0 Å². The first kappa shape index (κ1) is 21.2. The molecule has 0 unspecified atom stereocenters. The molecular formula is C21H26ClN3O4S. The van der Waals surface area contributed by atoms with Gasteiger partial charge in [0, 0.05) is 12.6 Å². The van der Waals surface area contributed by atoms with Crippen LogP contribution in [-0.4, -0.2) is 47.1 Å². The molecule has 162 valence electrons. The summed E-state index contributed by atoms with van der Waals surface area (Å²) < 4.78 is 28.5. The number of sulfone groups is 1. The highest BCUT2D eigenvalue weighted by Gasteiger charge is 2.45. The molecule has 1 aliphatic heterocycles. The van der Waals surface area contributed by atoms with Gasteiger partial charge in [-0.15, -0.1) is 0 Å². The number of aryl methyl sites for hydroxylation is 1. The molecule has 2 aliphatic rings. The molecule has 0 amide bonds. The van der Waals surface area contributed by atoms with Gasteiger partial charge in [0.1, 0.15) is 11.9 Å². The van der Waals surface area contributed by atoms with Gasteiger partial charge in [0.2, 0.25) is 0 Å². The molecule has 1 N–H and O–H groups in total. The Morgan fingerprint density at radius 2 is 1.90 bits per heavy atom. The van der Waals surface area contributed by atoms with Crippen molar-refractivity contribution >= 4 is 33.2 Å². The van der Waals surface area contributed by atoms with Crippen LogP contribution in [0.3, 0.4) is 0 Å². The molecule has 9 heteroatoms. The molecule has 7 nitrogen and oxygen atoms in total. The van der Waals surface area contributed by atoms with Gasteiger partial charge in [-0.05, 0) is 38.3 Å². The average molecular weight is 452 g/mol. The van der Waals surface area contributed by atoms with Gasteiger partial charge < -0.3 is 10.0 Å². The SMILES string of the molecule is Cc1cc(N2C[C@H](S(=O)(=O)c3ccccc3Cl)C[C@H]2C(=O)O)n(C2CCCCC2)n1. The Morgan fingerprint density at radius 3 is 2.57 bits per heavy atom. The number of rotatable bonds is 5. The van der Waals surface area contributed by atoms with Crippen LogP contribution in [0.4, 0.5) is 5.82 Å². The minimum Gasteiger partial charge on any atom is -0.480 e. The Bertz CT molecular complexity index is 1050. The monoisotopic (exact) mass is 451 g/mol. The Kier molecular flexibility index (Phi) is 5.81. The quantitative estimate of drug-likeness (QED) is 0.742. The number of hydrogen-bond donors (Lipinski definition) is 1. The fourth-order valence-corrected chi connectivity index (χ4v) is 6.89. The molecule has 1 saturated heterocycles. The summed E-state index contributed by atoms with van der Waals surface area (Å²) in [5, 5.41) is 13.8. The lowest BCUT2D eigenvalue weighted by molar-refractivity contribution is -0.138. The Labute approximate surface area is 181 Å². The van der Waals surface area contributed by atoms with Crippen LogP contribution < -0.4 is 4.90 Å². The first-order valence-electron chi connectivity index (χ1n) is 10.3. The number of carbonyl (C=O) groups is 1. The number of carboxylic acids is 1. The summed E-state index contributed by atoms with van der Waals surface area (Å²) in [6, 6.07) is 7.48. The van der Waals surface area contributed by atoms with Crippen LogP contribution in [0.15, 0.2) is 35.2 Å². The van der Waals surface area contributed by atoms with Gasteiger partial charge in [-0.25, -0.2) is 17.9 Å². The second-order valence-corrected chi connectivity index (χ2v) is 10.8. The van der Waals surface area contributed by atoms with Gasteiger partial charge >= 0.3 is 5.97 Å². The van der Waals surface area contributed by atoms with Crippen molar-refractivity contribution in [3.05, 3.63) is 41.0 Å². The summed E-state index contributed by atoms with van der Waals surface area (Å²) in [6.07, 6.45) is 5.45. The average Bonchev–Trinajstić information content (AvgIpc) is 3.33. The van der Waals surface area contributed by atoms with Crippen molar-refractivity contribution in [2.75, 3.05) is 11.4 Å². The van der Waals surface area contributed by atoms with E-state index in [-0.39, 0.29) is 28.9 Å². The molecule has 1 aromatic heterocycles. The van der Waals surface area contributed by atoms with Gasteiger partial charge in [0.15, 0.2) is 9.84 Å². The molecule has 0 bridgehead atoms. The highest BCUT2D eigenvalue weighted by Crippen LogP contribution is 2.37. The number of benzene rings is 1. The van der Waals surface area contributed by atoms with E-state index in [1.165, 1.54) is 18.6 Å². The van der Waals surface area contributed by atoms with Crippen molar-refractivity contribution < 1.29 is 18.3 Å². The predicted octanol–water partition coefficient (Wildman–Crippen LogP) is 3.86. The number of aliphatic carboxylic acids is 1. The molecule has 2 heterocycles. The molecule has 2 aromatic rings. The third kappa shape index (κ3) is 3.83. The smallest absolute Gasteiger partial charge is 0.326 e. The van der Waals surface area contributed by atoms with E-state index in [9.17, 15) is 18.3 Å². The number of nitrogens with zero attached hydrogens (tertiary/aromatic N) is 3. The van der Waals surface area contributed by atoms with Crippen LogP contribution in [0, 0.1) is 6.92 Å². The Morgan fingerprint density at radius 1 is 1.20 bits per heavy atom. The van der Waals surface area contributed by atoms with Crippen molar-refractivity contribution in [1.82, 2.24) is 9.78 Å². The number of carboxylic acid groups (broad SMARTS) is 1. The fourth-order valence-electron chi connectivity index (χ4n) is 4.68. The number of halogens is 1.